The third kappa shape index (κ3) is 7.80. The van der Waals surface area contributed by atoms with E-state index < -0.39 is 0 Å². The molecule has 5 nitrogen and oxygen atoms in total. The third-order valence-electron chi connectivity index (χ3n) is 4.97. The zero-order valence-electron chi connectivity index (χ0n) is 16.4. The van der Waals surface area contributed by atoms with Crippen molar-refractivity contribution < 1.29 is 4.74 Å². The molecule has 26 heavy (non-hydrogen) atoms. The maximum absolute atomic E-state index is 5.99. The van der Waals surface area contributed by atoms with E-state index in [4.69, 9.17) is 10.5 Å². The molecule has 1 atom stereocenters. The summed E-state index contributed by atoms with van der Waals surface area (Å²) in [6.45, 7) is 4.22. The van der Waals surface area contributed by atoms with Crippen LogP contribution in [0.4, 0.5) is 0 Å². The van der Waals surface area contributed by atoms with E-state index in [0.717, 1.165) is 6.54 Å². The molecule has 148 valence electrons. The lowest BCUT2D eigenvalue weighted by Crippen LogP contribution is -2.40. The fourth-order valence-corrected chi connectivity index (χ4v) is 3.55. The highest BCUT2D eigenvalue weighted by atomic mass is 127. The fourth-order valence-electron chi connectivity index (χ4n) is 3.55. The van der Waals surface area contributed by atoms with E-state index in [2.05, 4.69) is 46.5 Å². The molecule has 2 rings (SSSR count). The van der Waals surface area contributed by atoms with Gasteiger partial charge in [0, 0.05) is 25.7 Å². The van der Waals surface area contributed by atoms with Crippen molar-refractivity contribution in [3.05, 3.63) is 35.4 Å². The summed E-state index contributed by atoms with van der Waals surface area (Å²) in [4.78, 5) is 7.01. The number of benzene rings is 1. The Hall–Kier alpha value is -0.860. The number of aliphatic imine (C=N–C) groups is 1. The van der Waals surface area contributed by atoms with E-state index in [1.165, 1.54) is 43.2 Å². The Morgan fingerprint density at radius 2 is 1.92 bits per heavy atom. The molecule has 0 radical (unpaired) electrons. The van der Waals surface area contributed by atoms with Gasteiger partial charge in [0.15, 0.2) is 5.96 Å². The van der Waals surface area contributed by atoms with Crippen LogP contribution >= 0.6 is 24.0 Å². The molecule has 0 aliphatic heterocycles. The molecule has 1 aromatic rings. The van der Waals surface area contributed by atoms with Crippen LogP contribution in [-0.4, -0.2) is 43.7 Å². The van der Waals surface area contributed by atoms with Crippen LogP contribution in [-0.2, 0) is 17.8 Å². The Labute approximate surface area is 175 Å². The topological polar surface area (TPSA) is 62.9 Å². The van der Waals surface area contributed by atoms with Crippen molar-refractivity contribution in [3.63, 3.8) is 0 Å². The molecule has 0 heterocycles. The number of guanidine groups is 1. The predicted molar refractivity (Wildman–Crippen MR) is 120 cm³/mol. The minimum atomic E-state index is 0. The number of hydrogen-bond donors (Lipinski definition) is 2. The molecular formula is C20H35IN4O. The summed E-state index contributed by atoms with van der Waals surface area (Å²) in [5.74, 6) is 0.472. The largest absolute Gasteiger partial charge is 0.383 e. The standard InChI is InChI=1S/C20H34N4O.HI/c1-16(15-25-3)23-20(21)22-13-17-9-7-8-10-18(17)14-24(2)19-11-5-4-6-12-19;/h7-10,16,19H,4-6,11-15H2,1-3H3,(H3,21,22,23);1H. The summed E-state index contributed by atoms with van der Waals surface area (Å²) in [7, 11) is 3.93. The average molecular weight is 474 g/mol. The first-order chi connectivity index (χ1) is 12.1. The van der Waals surface area contributed by atoms with Crippen LogP contribution in [0.2, 0.25) is 0 Å². The van der Waals surface area contributed by atoms with Crippen LogP contribution in [0.3, 0.4) is 0 Å². The SMILES string of the molecule is COCC(C)NC(N)=NCc1ccccc1CN(C)C1CCCCC1.I. The summed E-state index contributed by atoms with van der Waals surface area (Å²) < 4.78 is 5.11. The Morgan fingerprint density at radius 1 is 1.27 bits per heavy atom. The Bertz CT molecular complexity index is 546. The summed E-state index contributed by atoms with van der Waals surface area (Å²) in [6.07, 6.45) is 6.77. The number of ether oxygens (including phenoxy) is 1. The number of nitrogens with one attached hydrogen (secondary N) is 1. The van der Waals surface area contributed by atoms with Crippen LogP contribution in [0.5, 0.6) is 0 Å². The number of halogens is 1. The maximum atomic E-state index is 5.99. The Balaban J connectivity index is 0.00000338. The van der Waals surface area contributed by atoms with E-state index >= 15 is 0 Å². The van der Waals surface area contributed by atoms with Crippen LogP contribution in [0.1, 0.15) is 50.2 Å². The summed E-state index contributed by atoms with van der Waals surface area (Å²) in [5.41, 5.74) is 8.58. The van der Waals surface area contributed by atoms with Crippen molar-refractivity contribution in [2.45, 2.75) is 64.2 Å². The highest BCUT2D eigenvalue weighted by Crippen LogP contribution is 2.23. The van der Waals surface area contributed by atoms with Crippen molar-refractivity contribution in [1.29, 1.82) is 0 Å². The average Bonchev–Trinajstić information content (AvgIpc) is 2.62. The lowest BCUT2D eigenvalue weighted by Gasteiger charge is -2.31. The molecule has 1 unspecified atom stereocenters. The molecule has 1 aliphatic carbocycles. The second kappa shape index (κ2) is 12.5. The number of nitrogens with two attached hydrogens (primary N) is 1. The van der Waals surface area contributed by atoms with Crippen molar-refractivity contribution >= 4 is 29.9 Å². The van der Waals surface area contributed by atoms with Gasteiger partial charge in [-0.3, -0.25) is 4.90 Å². The summed E-state index contributed by atoms with van der Waals surface area (Å²) >= 11 is 0. The lowest BCUT2D eigenvalue weighted by molar-refractivity contribution is 0.179. The Kier molecular flexibility index (Phi) is 11.2. The molecule has 0 bridgehead atoms. The van der Waals surface area contributed by atoms with E-state index in [0.29, 0.717) is 25.2 Å². The molecule has 0 spiro atoms. The molecule has 0 aromatic heterocycles. The van der Waals surface area contributed by atoms with E-state index in [1.54, 1.807) is 7.11 Å². The monoisotopic (exact) mass is 474 g/mol. The Morgan fingerprint density at radius 3 is 2.58 bits per heavy atom. The predicted octanol–water partition coefficient (Wildman–Crippen LogP) is 3.51. The lowest BCUT2D eigenvalue weighted by atomic mass is 9.94. The quantitative estimate of drug-likeness (QED) is 0.344. The minimum Gasteiger partial charge on any atom is -0.383 e. The molecule has 6 heteroatoms. The van der Waals surface area contributed by atoms with Gasteiger partial charge in [0.05, 0.1) is 13.2 Å². The van der Waals surface area contributed by atoms with Gasteiger partial charge in [-0.1, -0.05) is 43.5 Å². The van der Waals surface area contributed by atoms with Gasteiger partial charge in [-0.25, -0.2) is 4.99 Å². The molecular weight excluding hydrogens is 439 g/mol. The van der Waals surface area contributed by atoms with E-state index in [-0.39, 0.29) is 30.0 Å². The second-order valence-electron chi connectivity index (χ2n) is 7.18. The summed E-state index contributed by atoms with van der Waals surface area (Å²) in [6, 6.07) is 9.42. The fraction of sp³-hybridized carbons (Fsp3) is 0.650. The zero-order chi connectivity index (χ0) is 18.1. The maximum Gasteiger partial charge on any atom is 0.189 e. The number of rotatable bonds is 8. The third-order valence-corrected chi connectivity index (χ3v) is 4.97. The van der Waals surface area contributed by atoms with Gasteiger partial charge in [-0.15, -0.1) is 24.0 Å². The highest BCUT2D eigenvalue weighted by Gasteiger charge is 2.18. The summed E-state index contributed by atoms with van der Waals surface area (Å²) in [5, 5.41) is 3.16. The van der Waals surface area contributed by atoms with Gasteiger partial charge in [-0.05, 0) is 37.9 Å². The van der Waals surface area contributed by atoms with Crippen molar-refractivity contribution in [2.24, 2.45) is 10.7 Å². The molecule has 0 amide bonds. The van der Waals surface area contributed by atoms with Crippen molar-refractivity contribution in [3.8, 4) is 0 Å². The first-order valence-electron chi connectivity index (χ1n) is 9.42. The van der Waals surface area contributed by atoms with Crippen LogP contribution in [0.15, 0.2) is 29.3 Å². The highest BCUT2D eigenvalue weighted by molar-refractivity contribution is 14.0. The van der Waals surface area contributed by atoms with E-state index in [9.17, 15) is 0 Å². The first-order valence-corrected chi connectivity index (χ1v) is 9.42. The smallest absolute Gasteiger partial charge is 0.189 e. The minimum absolute atomic E-state index is 0. The zero-order valence-corrected chi connectivity index (χ0v) is 18.7. The van der Waals surface area contributed by atoms with Gasteiger partial charge in [0.2, 0.25) is 0 Å². The molecule has 1 aromatic carbocycles. The van der Waals surface area contributed by atoms with Crippen LogP contribution in [0.25, 0.3) is 0 Å². The first kappa shape index (κ1) is 23.2. The molecule has 0 saturated heterocycles. The van der Waals surface area contributed by atoms with Gasteiger partial charge in [0.25, 0.3) is 0 Å². The van der Waals surface area contributed by atoms with E-state index in [1.807, 2.05) is 6.92 Å². The van der Waals surface area contributed by atoms with Gasteiger partial charge < -0.3 is 15.8 Å². The van der Waals surface area contributed by atoms with Gasteiger partial charge in [-0.2, -0.15) is 0 Å². The number of methoxy groups -OCH3 is 1. The van der Waals surface area contributed by atoms with Crippen molar-refractivity contribution in [1.82, 2.24) is 10.2 Å². The van der Waals surface area contributed by atoms with Gasteiger partial charge >= 0.3 is 0 Å². The molecule has 3 N–H and O–H groups in total. The van der Waals surface area contributed by atoms with Gasteiger partial charge in [0.1, 0.15) is 0 Å². The molecule has 1 saturated carbocycles. The molecule has 1 aliphatic rings. The van der Waals surface area contributed by atoms with Crippen LogP contribution < -0.4 is 11.1 Å². The van der Waals surface area contributed by atoms with Crippen LogP contribution in [0, 0.1) is 0 Å². The molecule has 1 fully saturated rings. The normalized spacial score (nSPS) is 17.0. The number of nitrogens with zero attached hydrogens (tertiary/aromatic N) is 2. The number of hydrogen-bond acceptors (Lipinski definition) is 3. The van der Waals surface area contributed by atoms with Crippen molar-refractivity contribution in [2.75, 3.05) is 20.8 Å². The second-order valence-corrected chi connectivity index (χ2v) is 7.18.